The maximum Gasteiger partial charge on any atom is 0.253 e. The van der Waals surface area contributed by atoms with Crippen molar-refractivity contribution in [1.29, 1.82) is 0 Å². The van der Waals surface area contributed by atoms with Crippen molar-refractivity contribution in [1.82, 2.24) is 9.80 Å². The number of hydrogen-bond donors (Lipinski definition) is 0. The van der Waals surface area contributed by atoms with Crippen molar-refractivity contribution in [3.05, 3.63) is 35.6 Å². The van der Waals surface area contributed by atoms with Gasteiger partial charge in [-0.2, -0.15) is 0 Å². The first-order valence-electron chi connectivity index (χ1n) is 9.46. The Balaban J connectivity index is 1.43. The number of benzene rings is 1. The molecule has 1 aromatic carbocycles. The standard InChI is InChI=1S/C20H27FN2O2/c21-18-9-7-17(8-10-18)20(25)23-14-12-22(13-15-23)19(24)11-6-16-4-2-1-3-5-16/h7-10,16H,1-6,11-15H2. The second kappa shape index (κ2) is 8.45. The number of hydrogen-bond acceptors (Lipinski definition) is 2. The minimum atomic E-state index is -0.343. The Labute approximate surface area is 149 Å². The predicted octanol–water partition coefficient (Wildman–Crippen LogP) is 3.47. The summed E-state index contributed by atoms with van der Waals surface area (Å²) in [7, 11) is 0. The number of piperazine rings is 1. The van der Waals surface area contributed by atoms with Crippen LogP contribution in [0.3, 0.4) is 0 Å². The van der Waals surface area contributed by atoms with Crippen LogP contribution in [0, 0.1) is 11.7 Å². The van der Waals surface area contributed by atoms with Crippen molar-refractivity contribution < 1.29 is 14.0 Å². The minimum Gasteiger partial charge on any atom is -0.339 e. The SMILES string of the molecule is O=C(CCC1CCCCC1)N1CCN(C(=O)c2ccc(F)cc2)CC1. The number of carbonyl (C=O) groups is 2. The zero-order valence-electron chi connectivity index (χ0n) is 14.8. The number of carbonyl (C=O) groups excluding carboxylic acids is 2. The molecule has 5 heteroatoms. The highest BCUT2D eigenvalue weighted by molar-refractivity contribution is 5.94. The van der Waals surface area contributed by atoms with Crippen LogP contribution in [-0.4, -0.2) is 47.8 Å². The molecule has 0 spiro atoms. The van der Waals surface area contributed by atoms with Gasteiger partial charge in [0.1, 0.15) is 5.82 Å². The molecule has 1 aliphatic carbocycles. The smallest absolute Gasteiger partial charge is 0.253 e. The summed E-state index contributed by atoms with van der Waals surface area (Å²) in [6.07, 6.45) is 8.14. The molecule has 0 N–H and O–H groups in total. The number of rotatable bonds is 4. The topological polar surface area (TPSA) is 40.6 Å². The monoisotopic (exact) mass is 346 g/mol. The van der Waals surface area contributed by atoms with E-state index in [1.54, 1.807) is 4.90 Å². The average molecular weight is 346 g/mol. The largest absolute Gasteiger partial charge is 0.339 e. The summed E-state index contributed by atoms with van der Waals surface area (Å²) in [4.78, 5) is 28.5. The predicted molar refractivity (Wildman–Crippen MR) is 94.7 cm³/mol. The first kappa shape index (κ1) is 17.9. The van der Waals surface area contributed by atoms with E-state index in [2.05, 4.69) is 0 Å². The van der Waals surface area contributed by atoms with Gasteiger partial charge in [0.05, 0.1) is 0 Å². The first-order chi connectivity index (χ1) is 12.1. The van der Waals surface area contributed by atoms with Crippen LogP contribution in [0.25, 0.3) is 0 Å². The normalized spacial score (nSPS) is 19.1. The van der Waals surface area contributed by atoms with Gasteiger partial charge in [0.25, 0.3) is 5.91 Å². The van der Waals surface area contributed by atoms with E-state index in [0.717, 1.165) is 12.3 Å². The molecule has 1 aromatic rings. The Morgan fingerprint density at radius 2 is 1.52 bits per heavy atom. The quantitative estimate of drug-likeness (QED) is 0.837. The van der Waals surface area contributed by atoms with E-state index >= 15 is 0 Å². The van der Waals surface area contributed by atoms with E-state index in [9.17, 15) is 14.0 Å². The molecule has 136 valence electrons. The lowest BCUT2D eigenvalue weighted by Crippen LogP contribution is -2.50. The Bertz CT molecular complexity index is 588. The molecule has 3 rings (SSSR count). The van der Waals surface area contributed by atoms with Gasteiger partial charge >= 0.3 is 0 Å². The molecule has 1 heterocycles. The lowest BCUT2D eigenvalue weighted by Gasteiger charge is -2.35. The fourth-order valence-electron chi connectivity index (χ4n) is 3.90. The maximum absolute atomic E-state index is 13.0. The summed E-state index contributed by atoms with van der Waals surface area (Å²) in [6, 6.07) is 5.63. The zero-order valence-corrected chi connectivity index (χ0v) is 14.8. The molecule has 1 aliphatic heterocycles. The third kappa shape index (κ3) is 4.80. The lowest BCUT2D eigenvalue weighted by molar-refractivity contribution is -0.133. The van der Waals surface area contributed by atoms with Crippen molar-refractivity contribution in [2.75, 3.05) is 26.2 Å². The van der Waals surface area contributed by atoms with Crippen molar-refractivity contribution in [3.8, 4) is 0 Å². The van der Waals surface area contributed by atoms with Crippen molar-refractivity contribution in [3.63, 3.8) is 0 Å². The maximum atomic E-state index is 13.0. The molecule has 4 nitrogen and oxygen atoms in total. The second-order valence-corrected chi connectivity index (χ2v) is 7.22. The van der Waals surface area contributed by atoms with Crippen LogP contribution in [-0.2, 0) is 4.79 Å². The Morgan fingerprint density at radius 1 is 0.920 bits per heavy atom. The van der Waals surface area contributed by atoms with Gasteiger partial charge in [0, 0.05) is 38.2 Å². The molecule has 2 fully saturated rings. The summed E-state index contributed by atoms with van der Waals surface area (Å²) < 4.78 is 13.0. The van der Waals surface area contributed by atoms with Gasteiger partial charge in [-0.3, -0.25) is 9.59 Å². The molecule has 2 aliphatic rings. The molecule has 1 saturated heterocycles. The molecule has 2 amide bonds. The third-order valence-corrected chi connectivity index (χ3v) is 5.50. The van der Waals surface area contributed by atoms with Crippen LogP contribution in [0.4, 0.5) is 4.39 Å². The van der Waals surface area contributed by atoms with Crippen molar-refractivity contribution in [2.24, 2.45) is 5.92 Å². The fourth-order valence-corrected chi connectivity index (χ4v) is 3.90. The molecular weight excluding hydrogens is 319 g/mol. The van der Waals surface area contributed by atoms with Gasteiger partial charge in [-0.25, -0.2) is 4.39 Å². The van der Waals surface area contributed by atoms with Gasteiger partial charge in [0.15, 0.2) is 0 Å². The van der Waals surface area contributed by atoms with Gasteiger partial charge in [-0.1, -0.05) is 32.1 Å². The highest BCUT2D eigenvalue weighted by Gasteiger charge is 2.25. The van der Waals surface area contributed by atoms with E-state index in [1.807, 2.05) is 4.90 Å². The van der Waals surface area contributed by atoms with E-state index in [1.165, 1.54) is 56.4 Å². The molecule has 25 heavy (non-hydrogen) atoms. The summed E-state index contributed by atoms with van der Waals surface area (Å²) in [5.41, 5.74) is 0.499. The lowest BCUT2D eigenvalue weighted by atomic mass is 9.86. The van der Waals surface area contributed by atoms with Gasteiger partial charge in [-0.15, -0.1) is 0 Å². The van der Waals surface area contributed by atoms with Gasteiger partial charge in [-0.05, 0) is 36.6 Å². The Kier molecular flexibility index (Phi) is 6.05. The molecule has 0 bridgehead atoms. The van der Waals surface area contributed by atoms with Gasteiger partial charge < -0.3 is 9.80 Å². The molecule has 0 unspecified atom stereocenters. The minimum absolute atomic E-state index is 0.0886. The first-order valence-corrected chi connectivity index (χ1v) is 9.46. The van der Waals surface area contributed by atoms with Crippen LogP contribution >= 0.6 is 0 Å². The number of halogens is 1. The zero-order chi connectivity index (χ0) is 17.6. The summed E-state index contributed by atoms with van der Waals surface area (Å²) >= 11 is 0. The highest BCUT2D eigenvalue weighted by Crippen LogP contribution is 2.27. The van der Waals surface area contributed by atoms with Gasteiger partial charge in [0.2, 0.25) is 5.91 Å². The highest BCUT2D eigenvalue weighted by atomic mass is 19.1. The molecule has 0 atom stereocenters. The molecule has 0 aromatic heterocycles. The second-order valence-electron chi connectivity index (χ2n) is 7.22. The molecular formula is C20H27FN2O2. The number of amides is 2. The van der Waals surface area contributed by atoms with E-state index in [0.29, 0.717) is 38.2 Å². The summed E-state index contributed by atoms with van der Waals surface area (Å²) in [5.74, 6) is 0.512. The van der Waals surface area contributed by atoms with Crippen LogP contribution < -0.4 is 0 Å². The van der Waals surface area contributed by atoms with Crippen LogP contribution in [0.5, 0.6) is 0 Å². The molecule has 1 saturated carbocycles. The fraction of sp³-hybridized carbons (Fsp3) is 0.600. The summed E-state index contributed by atoms with van der Waals surface area (Å²) in [5, 5.41) is 0. The average Bonchev–Trinajstić information content (AvgIpc) is 2.67. The summed E-state index contributed by atoms with van der Waals surface area (Å²) in [6.45, 7) is 2.28. The van der Waals surface area contributed by atoms with Crippen molar-refractivity contribution >= 4 is 11.8 Å². The van der Waals surface area contributed by atoms with Crippen molar-refractivity contribution in [2.45, 2.75) is 44.9 Å². The van der Waals surface area contributed by atoms with E-state index in [-0.39, 0.29) is 17.6 Å². The van der Waals surface area contributed by atoms with Crippen LogP contribution in [0.15, 0.2) is 24.3 Å². The van der Waals surface area contributed by atoms with E-state index in [4.69, 9.17) is 0 Å². The molecule has 0 radical (unpaired) electrons. The van der Waals surface area contributed by atoms with Crippen LogP contribution in [0.2, 0.25) is 0 Å². The Hall–Kier alpha value is -1.91. The van der Waals surface area contributed by atoms with Crippen LogP contribution in [0.1, 0.15) is 55.3 Å². The number of nitrogens with zero attached hydrogens (tertiary/aromatic N) is 2. The van der Waals surface area contributed by atoms with E-state index < -0.39 is 0 Å². The third-order valence-electron chi connectivity index (χ3n) is 5.50. The Morgan fingerprint density at radius 3 is 2.16 bits per heavy atom.